The molecule has 0 radical (unpaired) electrons. The molecule has 6 aromatic carbocycles. The monoisotopic (exact) mass is 1310 g/mol. The van der Waals surface area contributed by atoms with E-state index in [-0.39, 0.29) is 11.9 Å². The lowest BCUT2D eigenvalue weighted by molar-refractivity contribution is 0.0600. The van der Waals surface area contributed by atoms with Crippen LogP contribution in [0.1, 0.15) is 91.3 Å². The minimum atomic E-state index is -0.296. The van der Waals surface area contributed by atoms with Gasteiger partial charge in [0.1, 0.15) is 0 Å². The van der Waals surface area contributed by atoms with Gasteiger partial charge in [-0.3, -0.25) is 10.2 Å². The maximum atomic E-state index is 11.9. The average molecular weight is 1320 g/mol. The molecule has 0 unspecified atom stereocenters. The molecule has 20 nitrogen and oxygen atoms in total. The van der Waals surface area contributed by atoms with Crippen molar-refractivity contribution in [2.24, 2.45) is 5.84 Å². The van der Waals surface area contributed by atoms with Crippen molar-refractivity contribution in [2.75, 3.05) is 41.4 Å². The fraction of sp³-hybridized carbons (Fsp3) is 0.194. The Morgan fingerprint density at radius 3 is 1.28 bits per heavy atom. The van der Waals surface area contributed by atoms with E-state index in [2.05, 4.69) is 147 Å². The summed E-state index contributed by atoms with van der Waals surface area (Å²) in [6, 6.07) is 49.2. The van der Waals surface area contributed by atoms with Crippen molar-refractivity contribution in [1.29, 1.82) is 0 Å². The summed E-state index contributed by atoms with van der Waals surface area (Å²) in [7, 11) is 1.41. The highest BCUT2D eigenvalue weighted by molar-refractivity contribution is 7.16. The second-order valence-corrected chi connectivity index (χ2v) is 26.5. The zero-order chi connectivity index (χ0) is 64.6. The lowest BCUT2D eigenvalue weighted by atomic mass is 9.97. The number of amides is 1. The normalized spacial score (nSPS) is 13.2. The number of nitrogen functional groups attached to an aromatic ring is 1. The van der Waals surface area contributed by atoms with Crippen LogP contribution >= 0.6 is 34.0 Å². The quantitative estimate of drug-likeness (QED) is 0.0421. The van der Waals surface area contributed by atoms with Crippen LogP contribution < -0.4 is 26.0 Å². The summed E-state index contributed by atoms with van der Waals surface area (Å²) >= 11 is 5.23. The van der Waals surface area contributed by atoms with Crippen LogP contribution in [0.3, 0.4) is 0 Å². The zero-order valence-corrected chi connectivity index (χ0v) is 54.7. The first-order valence-electron chi connectivity index (χ1n) is 31.2. The molecule has 16 rings (SSSR count). The van der Waals surface area contributed by atoms with Gasteiger partial charge in [0.15, 0.2) is 15.4 Å². The summed E-state index contributed by atoms with van der Waals surface area (Å²) in [5.41, 5.74) is 18.8. The van der Waals surface area contributed by atoms with E-state index in [4.69, 9.17) is 20.0 Å². The molecule has 0 fully saturated rings. The fourth-order valence-electron chi connectivity index (χ4n) is 11.9. The lowest BCUT2D eigenvalue weighted by Crippen LogP contribution is -2.32. The van der Waals surface area contributed by atoms with Crippen molar-refractivity contribution in [3.8, 4) is 28.5 Å². The molecule has 0 bridgehead atoms. The van der Waals surface area contributed by atoms with Crippen LogP contribution in [0.15, 0.2) is 206 Å². The molecule has 476 valence electrons. The maximum absolute atomic E-state index is 11.9. The summed E-state index contributed by atoms with van der Waals surface area (Å²) in [6.07, 6.45) is 22.6. The second kappa shape index (κ2) is 28.2. The van der Waals surface area contributed by atoms with Crippen LogP contribution in [0.4, 0.5) is 15.4 Å². The van der Waals surface area contributed by atoms with Crippen molar-refractivity contribution in [2.45, 2.75) is 65.1 Å². The Balaban J connectivity index is 0.000000123. The minimum absolute atomic E-state index is 0.268. The number of hydrazine groups is 1. The smallest absolute Gasteiger partial charge is 0.337 e. The van der Waals surface area contributed by atoms with Crippen molar-refractivity contribution < 1.29 is 18.7 Å². The van der Waals surface area contributed by atoms with Gasteiger partial charge in [0.05, 0.1) is 29.7 Å². The standard InChI is InChI=1S/C25H22N6OS.C24H22N4O2S.C23H22N6OS/c1-17-28-29-24(32-17)20-6-5-19-9-12-30(16-21(19)14-20)25-26-15-23(33-25)13-18-3-7-22(8-4-18)31-11-2-10-27-31;1-30-23(29)19-6-5-18-9-12-27(16-20(18)14-19)24-25-15-22(31-24)13-17-3-7-21(8-4-17)28-11-2-10-26-28;24-27-22(30)18-5-4-17-8-11-28(15-19(17)13-18)23-25-14-21(31-23)12-16-2-6-20(7-3-16)29-10-1-9-26-29/h2-8,10-11,14-15H,9,12-13,16H2,1H3;2-8,10-11,14-15H,9,12-13,16H2,1H3;1-7,9-10,13-14H,8,11-12,15,24H2,(H,27,30). The average Bonchev–Trinajstić information content (AvgIpc) is 1.91. The van der Waals surface area contributed by atoms with Gasteiger partial charge in [0, 0.05) is 147 Å². The van der Waals surface area contributed by atoms with Gasteiger partial charge in [0.2, 0.25) is 11.8 Å². The van der Waals surface area contributed by atoms with Crippen LogP contribution in [-0.4, -0.2) is 93.1 Å². The van der Waals surface area contributed by atoms with Crippen molar-refractivity contribution in [3.05, 3.63) is 283 Å². The molecule has 13 aromatic rings. The van der Waals surface area contributed by atoms with Gasteiger partial charge in [0.25, 0.3) is 5.91 Å². The number of nitrogens with two attached hydrogens (primary N) is 1. The van der Waals surface area contributed by atoms with E-state index in [1.807, 2.05) is 113 Å². The van der Waals surface area contributed by atoms with E-state index in [1.54, 1.807) is 52.6 Å². The molecule has 3 aliphatic heterocycles. The third-order valence-corrected chi connectivity index (χ3v) is 20.1. The summed E-state index contributed by atoms with van der Waals surface area (Å²) in [6.45, 7) is 6.96. The van der Waals surface area contributed by atoms with Gasteiger partial charge >= 0.3 is 5.97 Å². The van der Waals surface area contributed by atoms with Crippen molar-refractivity contribution in [3.63, 3.8) is 0 Å². The number of anilines is 3. The number of hydrogen-bond donors (Lipinski definition) is 2. The largest absolute Gasteiger partial charge is 0.465 e. The number of nitrogens with zero attached hydrogens (tertiary/aromatic N) is 14. The Morgan fingerprint density at radius 1 is 0.505 bits per heavy atom. The summed E-state index contributed by atoms with van der Waals surface area (Å²) < 4.78 is 16.0. The summed E-state index contributed by atoms with van der Waals surface area (Å²) in [4.78, 5) is 48.5. The molecule has 23 heteroatoms. The Labute approximate surface area is 560 Å². The predicted octanol–water partition coefficient (Wildman–Crippen LogP) is 12.2. The predicted molar refractivity (Wildman–Crippen MR) is 370 cm³/mol. The molecular weight excluding hydrogens is 1250 g/mol. The first-order chi connectivity index (χ1) is 46.6. The van der Waals surface area contributed by atoms with E-state index < -0.39 is 0 Å². The van der Waals surface area contributed by atoms with Gasteiger partial charge in [-0.2, -0.15) is 15.3 Å². The summed E-state index contributed by atoms with van der Waals surface area (Å²) in [5.74, 6) is 5.86. The molecule has 3 aliphatic rings. The molecule has 1 amide bonds. The number of esters is 1. The molecule has 0 saturated carbocycles. The zero-order valence-electron chi connectivity index (χ0n) is 52.2. The Bertz CT molecular complexity index is 4540. The van der Waals surface area contributed by atoms with Gasteiger partial charge < -0.3 is 23.9 Å². The number of ether oxygens (including phenoxy) is 1. The van der Waals surface area contributed by atoms with Crippen LogP contribution in [0.2, 0.25) is 0 Å². The van der Waals surface area contributed by atoms with Gasteiger partial charge in [-0.1, -0.05) is 54.6 Å². The molecule has 10 heterocycles. The van der Waals surface area contributed by atoms with E-state index in [1.165, 1.54) is 66.2 Å². The third-order valence-electron chi connectivity index (χ3n) is 16.9. The Hall–Kier alpha value is -10.7. The molecule has 0 atom stereocenters. The number of rotatable bonds is 15. The Kier molecular flexibility index (Phi) is 18.4. The van der Waals surface area contributed by atoms with Gasteiger partial charge in [-0.25, -0.2) is 39.6 Å². The number of fused-ring (bicyclic) bond motifs is 3. The molecule has 3 N–H and O–H groups in total. The topological polar surface area (TPSA) is 222 Å². The first kappa shape index (κ1) is 61.8. The first-order valence-corrected chi connectivity index (χ1v) is 33.7. The number of nitrogens with one attached hydrogen (secondary N) is 1. The van der Waals surface area contributed by atoms with Crippen LogP contribution in [0.25, 0.3) is 28.5 Å². The van der Waals surface area contributed by atoms with E-state index in [9.17, 15) is 9.59 Å². The Morgan fingerprint density at radius 2 is 0.905 bits per heavy atom. The van der Waals surface area contributed by atoms with E-state index >= 15 is 0 Å². The lowest BCUT2D eigenvalue weighted by Gasteiger charge is -2.28. The highest BCUT2D eigenvalue weighted by Crippen LogP contribution is 2.35. The minimum Gasteiger partial charge on any atom is -0.465 e. The van der Waals surface area contributed by atoms with E-state index in [0.29, 0.717) is 22.9 Å². The van der Waals surface area contributed by atoms with Gasteiger partial charge in [-0.15, -0.1) is 44.2 Å². The fourth-order valence-corrected chi connectivity index (χ4v) is 14.8. The highest BCUT2D eigenvalue weighted by Gasteiger charge is 2.24. The van der Waals surface area contributed by atoms with Crippen LogP contribution in [0, 0.1) is 6.92 Å². The molecule has 0 saturated heterocycles. The number of aryl methyl sites for hydroxylation is 1. The summed E-state index contributed by atoms with van der Waals surface area (Å²) in [5, 5.41) is 24.0. The van der Waals surface area contributed by atoms with Crippen LogP contribution in [0.5, 0.6) is 0 Å². The van der Waals surface area contributed by atoms with E-state index in [0.717, 1.165) is 121 Å². The maximum Gasteiger partial charge on any atom is 0.337 e. The molecule has 7 aromatic heterocycles. The number of aromatic nitrogens is 11. The molecule has 0 aliphatic carbocycles. The number of carbonyl (C=O) groups is 2. The third kappa shape index (κ3) is 14.6. The van der Waals surface area contributed by atoms with Crippen LogP contribution in [-0.2, 0) is 62.9 Å². The number of carbonyl (C=O) groups excluding carboxylic acids is 2. The number of thiazole rings is 3. The number of methoxy groups -OCH3 is 1. The molecule has 95 heavy (non-hydrogen) atoms. The van der Waals surface area contributed by atoms with Gasteiger partial charge in [-0.05, 0) is 160 Å². The molecule has 0 spiro atoms. The second-order valence-electron chi connectivity index (χ2n) is 23.3. The highest BCUT2D eigenvalue weighted by atomic mass is 32.1. The SMILES string of the molecule is COC(=O)c1ccc2c(c1)CN(c1ncc(Cc3ccc(-n4cccn4)cc3)s1)CC2.Cc1nnc(-c2ccc3c(c2)CN(c2ncc(Cc4ccc(-n5cccn5)cc4)s2)CC3)o1.NNC(=O)c1ccc2c(c1)CN(c1ncc(Cc3ccc(-n4cccn4)cc3)s1)CC2. The van der Waals surface area contributed by atoms with Crippen molar-refractivity contribution in [1.82, 2.24) is 59.9 Å². The van der Waals surface area contributed by atoms with Crippen molar-refractivity contribution >= 4 is 61.3 Å². The molecular formula is C72H66N16O4S3. The number of benzene rings is 6. The number of hydrogen-bond acceptors (Lipinski definition) is 19.